The van der Waals surface area contributed by atoms with Crippen LogP contribution >= 0.6 is 0 Å². The van der Waals surface area contributed by atoms with Crippen LogP contribution in [0.5, 0.6) is 5.75 Å². The van der Waals surface area contributed by atoms with Gasteiger partial charge in [0.15, 0.2) is 0 Å². The number of hydrogen-bond donors (Lipinski definition) is 0. The van der Waals surface area contributed by atoms with Crippen molar-refractivity contribution in [1.82, 2.24) is 0 Å². The molecule has 3 nitrogen and oxygen atoms in total. The fourth-order valence-corrected chi connectivity index (χ4v) is 2.00. The van der Waals surface area contributed by atoms with Gasteiger partial charge in [0.2, 0.25) is 0 Å². The van der Waals surface area contributed by atoms with Crippen LogP contribution in [0.2, 0.25) is 0 Å². The molecule has 1 aliphatic carbocycles. The summed E-state index contributed by atoms with van der Waals surface area (Å²) in [4.78, 5) is 10.8. The number of ether oxygens (including phenoxy) is 2. The first-order valence-electron chi connectivity index (χ1n) is 5.02. The molecule has 0 fully saturated rings. The quantitative estimate of drug-likeness (QED) is 0.691. The van der Waals surface area contributed by atoms with Crippen LogP contribution in [0.3, 0.4) is 0 Å². The SMILES string of the molecule is COc1ccc2c(c1)CC(OC(C)=O)C2. The molecule has 0 heterocycles. The first-order chi connectivity index (χ1) is 7.19. The van der Waals surface area contributed by atoms with Crippen LogP contribution in [0.1, 0.15) is 18.1 Å². The lowest BCUT2D eigenvalue weighted by molar-refractivity contribution is -0.145. The molecule has 1 unspecified atom stereocenters. The van der Waals surface area contributed by atoms with Crippen LogP contribution in [0.4, 0.5) is 0 Å². The van der Waals surface area contributed by atoms with Crippen molar-refractivity contribution in [2.45, 2.75) is 25.9 Å². The standard InChI is InChI=1S/C12H14O3/c1-8(13)15-12-5-9-3-4-11(14-2)6-10(9)7-12/h3-4,6,12H,5,7H2,1-2H3. The summed E-state index contributed by atoms with van der Waals surface area (Å²) in [5.41, 5.74) is 2.47. The third-order valence-corrected chi connectivity index (χ3v) is 2.64. The van der Waals surface area contributed by atoms with E-state index in [1.54, 1.807) is 7.11 Å². The minimum absolute atomic E-state index is 0.00426. The molecule has 1 aliphatic rings. The van der Waals surface area contributed by atoms with E-state index in [4.69, 9.17) is 9.47 Å². The van der Waals surface area contributed by atoms with E-state index in [0.29, 0.717) is 0 Å². The number of rotatable bonds is 2. The van der Waals surface area contributed by atoms with E-state index in [-0.39, 0.29) is 12.1 Å². The van der Waals surface area contributed by atoms with Crippen LogP contribution in [0.15, 0.2) is 18.2 Å². The second-order valence-corrected chi connectivity index (χ2v) is 3.77. The lowest BCUT2D eigenvalue weighted by Gasteiger charge is -2.08. The molecule has 1 aromatic rings. The molecular weight excluding hydrogens is 192 g/mol. The molecule has 0 radical (unpaired) electrons. The zero-order valence-corrected chi connectivity index (χ0v) is 8.95. The van der Waals surface area contributed by atoms with E-state index in [0.717, 1.165) is 18.6 Å². The highest BCUT2D eigenvalue weighted by Gasteiger charge is 2.23. The minimum Gasteiger partial charge on any atom is -0.497 e. The Labute approximate surface area is 89.0 Å². The van der Waals surface area contributed by atoms with Crippen LogP contribution in [-0.4, -0.2) is 19.2 Å². The Kier molecular flexibility index (Phi) is 2.62. The Hall–Kier alpha value is -1.51. The minimum atomic E-state index is -0.209. The van der Waals surface area contributed by atoms with E-state index in [1.807, 2.05) is 18.2 Å². The number of methoxy groups -OCH3 is 1. The Balaban J connectivity index is 2.13. The number of benzene rings is 1. The predicted octanol–water partition coefficient (Wildman–Crippen LogP) is 1.73. The fraction of sp³-hybridized carbons (Fsp3) is 0.417. The molecule has 0 aromatic heterocycles. The van der Waals surface area contributed by atoms with E-state index in [2.05, 4.69) is 0 Å². The van der Waals surface area contributed by atoms with E-state index in [1.165, 1.54) is 18.1 Å². The normalized spacial score (nSPS) is 18.4. The highest BCUT2D eigenvalue weighted by Crippen LogP contribution is 2.27. The highest BCUT2D eigenvalue weighted by molar-refractivity contribution is 5.66. The molecule has 80 valence electrons. The lowest BCUT2D eigenvalue weighted by Crippen LogP contribution is -2.15. The van der Waals surface area contributed by atoms with Crippen molar-refractivity contribution in [3.8, 4) is 5.75 Å². The smallest absolute Gasteiger partial charge is 0.302 e. The zero-order valence-electron chi connectivity index (χ0n) is 8.95. The first kappa shape index (κ1) is 10.0. The number of carbonyl (C=O) groups excluding carboxylic acids is 1. The molecule has 1 atom stereocenters. The number of fused-ring (bicyclic) bond motifs is 1. The van der Waals surface area contributed by atoms with E-state index in [9.17, 15) is 4.79 Å². The maximum absolute atomic E-state index is 10.8. The third kappa shape index (κ3) is 2.12. The average Bonchev–Trinajstić information content (AvgIpc) is 2.57. The molecule has 2 rings (SSSR count). The number of carbonyl (C=O) groups is 1. The van der Waals surface area contributed by atoms with Gasteiger partial charge in [0, 0.05) is 19.8 Å². The van der Waals surface area contributed by atoms with Crippen molar-refractivity contribution in [1.29, 1.82) is 0 Å². The molecule has 0 bridgehead atoms. The third-order valence-electron chi connectivity index (χ3n) is 2.64. The topological polar surface area (TPSA) is 35.5 Å². The summed E-state index contributed by atoms with van der Waals surface area (Å²) in [5.74, 6) is 0.650. The summed E-state index contributed by atoms with van der Waals surface area (Å²) in [6.07, 6.45) is 1.62. The molecular formula is C12H14O3. The van der Waals surface area contributed by atoms with Crippen molar-refractivity contribution in [3.63, 3.8) is 0 Å². The van der Waals surface area contributed by atoms with Gasteiger partial charge >= 0.3 is 5.97 Å². The van der Waals surface area contributed by atoms with Gasteiger partial charge in [0.1, 0.15) is 11.9 Å². The second kappa shape index (κ2) is 3.93. The molecule has 0 spiro atoms. The van der Waals surface area contributed by atoms with Gasteiger partial charge in [-0.05, 0) is 23.3 Å². The van der Waals surface area contributed by atoms with Crippen molar-refractivity contribution in [2.75, 3.05) is 7.11 Å². The maximum Gasteiger partial charge on any atom is 0.302 e. The molecule has 0 amide bonds. The summed E-state index contributed by atoms with van der Waals surface area (Å²) >= 11 is 0. The summed E-state index contributed by atoms with van der Waals surface area (Å²) in [5, 5.41) is 0. The summed E-state index contributed by atoms with van der Waals surface area (Å²) in [6.45, 7) is 1.45. The van der Waals surface area contributed by atoms with Gasteiger partial charge in [-0.2, -0.15) is 0 Å². The van der Waals surface area contributed by atoms with Gasteiger partial charge < -0.3 is 9.47 Å². The summed E-state index contributed by atoms with van der Waals surface area (Å²) in [7, 11) is 1.65. The second-order valence-electron chi connectivity index (χ2n) is 3.77. The van der Waals surface area contributed by atoms with Gasteiger partial charge in [0.25, 0.3) is 0 Å². The van der Waals surface area contributed by atoms with Crippen molar-refractivity contribution >= 4 is 5.97 Å². The van der Waals surface area contributed by atoms with Crippen molar-refractivity contribution in [3.05, 3.63) is 29.3 Å². The Morgan fingerprint density at radius 2 is 2.07 bits per heavy atom. The van der Waals surface area contributed by atoms with Crippen LogP contribution < -0.4 is 4.74 Å². The van der Waals surface area contributed by atoms with Crippen molar-refractivity contribution in [2.24, 2.45) is 0 Å². The monoisotopic (exact) mass is 206 g/mol. The van der Waals surface area contributed by atoms with Gasteiger partial charge in [-0.1, -0.05) is 6.07 Å². The maximum atomic E-state index is 10.8. The Morgan fingerprint density at radius 3 is 2.73 bits per heavy atom. The highest BCUT2D eigenvalue weighted by atomic mass is 16.5. The first-order valence-corrected chi connectivity index (χ1v) is 5.02. The molecule has 0 N–H and O–H groups in total. The van der Waals surface area contributed by atoms with Gasteiger partial charge in [0.05, 0.1) is 7.11 Å². The Morgan fingerprint density at radius 1 is 1.33 bits per heavy atom. The number of esters is 1. The zero-order chi connectivity index (χ0) is 10.8. The summed E-state index contributed by atoms with van der Waals surface area (Å²) < 4.78 is 10.3. The predicted molar refractivity (Wildman–Crippen MR) is 56.0 cm³/mol. The van der Waals surface area contributed by atoms with Gasteiger partial charge in [-0.25, -0.2) is 0 Å². The molecule has 1 aromatic carbocycles. The molecule has 3 heteroatoms. The molecule has 0 saturated heterocycles. The Bertz CT molecular complexity index is 384. The van der Waals surface area contributed by atoms with E-state index < -0.39 is 0 Å². The van der Waals surface area contributed by atoms with E-state index >= 15 is 0 Å². The lowest BCUT2D eigenvalue weighted by atomic mass is 10.1. The van der Waals surface area contributed by atoms with Crippen LogP contribution in [-0.2, 0) is 22.4 Å². The van der Waals surface area contributed by atoms with Gasteiger partial charge in [-0.15, -0.1) is 0 Å². The molecule has 15 heavy (non-hydrogen) atoms. The van der Waals surface area contributed by atoms with Crippen LogP contribution in [0, 0.1) is 0 Å². The van der Waals surface area contributed by atoms with Crippen molar-refractivity contribution < 1.29 is 14.3 Å². The largest absolute Gasteiger partial charge is 0.497 e. The van der Waals surface area contributed by atoms with Crippen LogP contribution in [0.25, 0.3) is 0 Å². The van der Waals surface area contributed by atoms with Gasteiger partial charge in [-0.3, -0.25) is 4.79 Å². The molecule has 0 aliphatic heterocycles. The molecule has 0 saturated carbocycles. The number of hydrogen-bond acceptors (Lipinski definition) is 3. The fourth-order valence-electron chi connectivity index (χ4n) is 2.00. The summed E-state index contributed by atoms with van der Waals surface area (Å²) in [6, 6.07) is 5.99. The average molecular weight is 206 g/mol.